The normalized spacial score (nSPS) is 10.7. The number of hydrogen-bond donors (Lipinski definition) is 1. The highest BCUT2D eigenvalue weighted by atomic mass is 79.9. The molecule has 0 aliphatic heterocycles. The van der Waals surface area contributed by atoms with Gasteiger partial charge in [0.25, 0.3) is 0 Å². The largest absolute Gasteiger partial charge is 0.302 e. The van der Waals surface area contributed by atoms with E-state index in [1.165, 1.54) is 23.1 Å². The summed E-state index contributed by atoms with van der Waals surface area (Å²) in [7, 11) is 0. The van der Waals surface area contributed by atoms with Crippen LogP contribution in [0.3, 0.4) is 0 Å². The number of amides is 1. The van der Waals surface area contributed by atoms with Gasteiger partial charge < -0.3 is 9.88 Å². The summed E-state index contributed by atoms with van der Waals surface area (Å²) in [5.41, 5.74) is 1.85. The van der Waals surface area contributed by atoms with Crippen LogP contribution in [0.5, 0.6) is 0 Å². The standard InChI is InChI=1S/C17H16BrN5OS2/c1-3-8-23-11(2)21-22-17(23)26-10-15(24)20-16-19-14(9-25-16)12-4-6-13(18)7-5-12/h3-7,9H,1,8,10H2,2H3,(H,19,20,24). The SMILES string of the molecule is C=CCn1c(C)nnc1SCC(=O)Nc1nc(-c2ccc(Br)cc2)cs1. The van der Waals surface area contributed by atoms with Crippen LogP contribution in [0, 0.1) is 6.92 Å². The summed E-state index contributed by atoms with van der Waals surface area (Å²) in [6.45, 7) is 6.22. The molecule has 0 radical (unpaired) electrons. The van der Waals surface area contributed by atoms with Gasteiger partial charge in [-0.3, -0.25) is 4.79 Å². The van der Waals surface area contributed by atoms with E-state index in [4.69, 9.17) is 0 Å². The number of thiazole rings is 1. The molecule has 2 aromatic heterocycles. The van der Waals surface area contributed by atoms with Crippen molar-refractivity contribution >= 4 is 50.1 Å². The number of carbonyl (C=O) groups excluding carboxylic acids is 1. The van der Waals surface area contributed by atoms with Gasteiger partial charge in [-0.05, 0) is 19.1 Å². The van der Waals surface area contributed by atoms with Crippen molar-refractivity contribution in [2.75, 3.05) is 11.1 Å². The second-order valence-corrected chi connectivity index (χ2v) is 8.03. The Labute approximate surface area is 167 Å². The Balaban J connectivity index is 1.59. The average molecular weight is 450 g/mol. The Morgan fingerprint density at radius 2 is 2.15 bits per heavy atom. The van der Waals surface area contributed by atoms with Crippen molar-refractivity contribution in [3.8, 4) is 11.3 Å². The minimum atomic E-state index is -0.127. The first-order valence-electron chi connectivity index (χ1n) is 7.71. The number of benzene rings is 1. The molecule has 1 aromatic carbocycles. The van der Waals surface area contributed by atoms with Crippen molar-refractivity contribution in [1.29, 1.82) is 0 Å². The molecule has 0 aliphatic carbocycles. The van der Waals surface area contributed by atoms with Gasteiger partial charge in [-0.25, -0.2) is 4.98 Å². The predicted molar refractivity (Wildman–Crippen MR) is 110 cm³/mol. The Hall–Kier alpha value is -1.97. The topological polar surface area (TPSA) is 72.7 Å². The van der Waals surface area contributed by atoms with Crippen LogP contribution in [0.4, 0.5) is 5.13 Å². The summed E-state index contributed by atoms with van der Waals surface area (Å²) >= 11 is 6.16. The third-order valence-corrected chi connectivity index (χ3v) is 5.69. The summed E-state index contributed by atoms with van der Waals surface area (Å²) in [6, 6.07) is 7.89. The first-order valence-corrected chi connectivity index (χ1v) is 10.4. The van der Waals surface area contributed by atoms with Crippen molar-refractivity contribution in [1.82, 2.24) is 19.7 Å². The van der Waals surface area contributed by atoms with Crippen LogP contribution >= 0.6 is 39.0 Å². The van der Waals surface area contributed by atoms with E-state index in [0.717, 1.165) is 21.6 Å². The van der Waals surface area contributed by atoms with Crippen LogP contribution < -0.4 is 5.32 Å². The quantitative estimate of drug-likeness (QED) is 0.427. The molecule has 2 heterocycles. The average Bonchev–Trinajstić information content (AvgIpc) is 3.22. The molecule has 1 amide bonds. The van der Waals surface area contributed by atoms with Gasteiger partial charge in [-0.1, -0.05) is 45.9 Å². The maximum absolute atomic E-state index is 12.2. The number of aryl methyl sites for hydroxylation is 1. The highest BCUT2D eigenvalue weighted by molar-refractivity contribution is 9.10. The molecule has 0 atom stereocenters. The summed E-state index contributed by atoms with van der Waals surface area (Å²) in [5, 5.41) is 14.2. The van der Waals surface area contributed by atoms with E-state index in [9.17, 15) is 4.79 Å². The van der Waals surface area contributed by atoms with E-state index >= 15 is 0 Å². The van der Waals surface area contributed by atoms with Gasteiger partial charge in [0.05, 0.1) is 11.4 Å². The molecular weight excluding hydrogens is 434 g/mol. The Morgan fingerprint density at radius 1 is 1.38 bits per heavy atom. The van der Waals surface area contributed by atoms with Crippen LogP contribution in [0.15, 0.2) is 51.9 Å². The second kappa shape index (κ2) is 8.61. The van der Waals surface area contributed by atoms with E-state index in [1.54, 1.807) is 6.08 Å². The molecule has 0 bridgehead atoms. The number of hydrogen-bond acceptors (Lipinski definition) is 6. The summed E-state index contributed by atoms with van der Waals surface area (Å²) in [4.78, 5) is 16.7. The number of halogens is 1. The molecule has 0 unspecified atom stereocenters. The Morgan fingerprint density at radius 3 is 2.88 bits per heavy atom. The molecule has 1 N–H and O–H groups in total. The fraction of sp³-hybridized carbons (Fsp3) is 0.176. The lowest BCUT2D eigenvalue weighted by molar-refractivity contribution is -0.113. The van der Waals surface area contributed by atoms with Gasteiger partial charge in [0, 0.05) is 22.0 Å². The number of thioether (sulfide) groups is 1. The van der Waals surface area contributed by atoms with Crippen molar-refractivity contribution in [3.63, 3.8) is 0 Å². The molecular formula is C17H16BrN5OS2. The molecule has 0 aliphatic rings. The minimum absolute atomic E-state index is 0.127. The number of allylic oxidation sites excluding steroid dienone is 1. The molecule has 134 valence electrons. The molecule has 3 aromatic rings. The fourth-order valence-electron chi connectivity index (χ4n) is 2.18. The first-order chi connectivity index (χ1) is 12.6. The van der Waals surface area contributed by atoms with E-state index in [-0.39, 0.29) is 11.7 Å². The molecule has 6 nitrogen and oxygen atoms in total. The number of nitrogens with one attached hydrogen (secondary N) is 1. The van der Waals surface area contributed by atoms with Crippen LogP contribution in [-0.4, -0.2) is 31.4 Å². The third kappa shape index (κ3) is 4.60. The lowest BCUT2D eigenvalue weighted by Gasteiger charge is -2.05. The lowest BCUT2D eigenvalue weighted by Crippen LogP contribution is -2.14. The van der Waals surface area contributed by atoms with E-state index in [0.29, 0.717) is 16.8 Å². The highest BCUT2D eigenvalue weighted by Crippen LogP contribution is 2.26. The molecule has 3 rings (SSSR count). The molecule has 9 heteroatoms. The van der Waals surface area contributed by atoms with E-state index < -0.39 is 0 Å². The van der Waals surface area contributed by atoms with Gasteiger partial charge in [-0.2, -0.15) is 0 Å². The number of carbonyl (C=O) groups is 1. The number of aromatic nitrogens is 4. The third-order valence-electron chi connectivity index (χ3n) is 3.44. The Bertz CT molecular complexity index is 920. The second-order valence-electron chi connectivity index (χ2n) is 5.31. The Kier molecular flexibility index (Phi) is 6.23. The number of anilines is 1. The van der Waals surface area contributed by atoms with Crippen LogP contribution in [0.1, 0.15) is 5.82 Å². The summed E-state index contributed by atoms with van der Waals surface area (Å²) < 4.78 is 2.93. The van der Waals surface area contributed by atoms with Gasteiger partial charge in [0.2, 0.25) is 5.91 Å². The lowest BCUT2D eigenvalue weighted by atomic mass is 10.2. The number of rotatable bonds is 7. The predicted octanol–water partition coefficient (Wildman–Crippen LogP) is 4.39. The van der Waals surface area contributed by atoms with Crippen LogP contribution in [0.25, 0.3) is 11.3 Å². The van der Waals surface area contributed by atoms with Crippen LogP contribution in [-0.2, 0) is 11.3 Å². The first kappa shape index (κ1) is 18.8. The van der Waals surface area contributed by atoms with Gasteiger partial charge in [-0.15, -0.1) is 28.1 Å². The maximum Gasteiger partial charge on any atom is 0.236 e. The molecule has 26 heavy (non-hydrogen) atoms. The minimum Gasteiger partial charge on any atom is -0.302 e. The summed E-state index contributed by atoms with van der Waals surface area (Å²) in [6.07, 6.45) is 1.78. The van der Waals surface area contributed by atoms with Crippen molar-refractivity contribution in [2.24, 2.45) is 0 Å². The van der Waals surface area contributed by atoms with Gasteiger partial charge >= 0.3 is 0 Å². The number of nitrogens with zero attached hydrogens (tertiary/aromatic N) is 4. The van der Waals surface area contributed by atoms with E-state index in [1.807, 2.05) is 41.1 Å². The highest BCUT2D eigenvalue weighted by Gasteiger charge is 2.12. The van der Waals surface area contributed by atoms with Crippen molar-refractivity contribution < 1.29 is 4.79 Å². The van der Waals surface area contributed by atoms with Crippen molar-refractivity contribution in [2.45, 2.75) is 18.6 Å². The van der Waals surface area contributed by atoms with Gasteiger partial charge in [0.1, 0.15) is 5.82 Å². The fourth-order valence-corrected chi connectivity index (χ4v) is 3.97. The molecule has 0 saturated carbocycles. The molecule has 0 spiro atoms. The zero-order chi connectivity index (χ0) is 18.5. The van der Waals surface area contributed by atoms with Crippen LogP contribution in [0.2, 0.25) is 0 Å². The molecule has 0 saturated heterocycles. The smallest absolute Gasteiger partial charge is 0.236 e. The monoisotopic (exact) mass is 449 g/mol. The molecule has 0 fully saturated rings. The van der Waals surface area contributed by atoms with Gasteiger partial charge in [0.15, 0.2) is 10.3 Å². The maximum atomic E-state index is 12.2. The van der Waals surface area contributed by atoms with Crippen molar-refractivity contribution in [3.05, 3.63) is 52.6 Å². The zero-order valence-electron chi connectivity index (χ0n) is 14.0. The van der Waals surface area contributed by atoms with E-state index in [2.05, 4.69) is 43.0 Å². The summed E-state index contributed by atoms with van der Waals surface area (Å²) in [5.74, 6) is 0.909. The zero-order valence-corrected chi connectivity index (χ0v) is 17.2.